The van der Waals surface area contributed by atoms with Gasteiger partial charge in [-0.3, -0.25) is 9.97 Å². The number of aromatic nitrogens is 2. The van der Waals surface area contributed by atoms with Crippen LogP contribution in [0.1, 0.15) is 86.1 Å². The van der Waals surface area contributed by atoms with E-state index in [1.165, 1.54) is 0 Å². The Morgan fingerprint density at radius 2 is 1.39 bits per heavy atom. The second-order valence-corrected chi connectivity index (χ2v) is 10.2. The number of carbonyl (C=O) groups excluding carboxylic acids is 2. The Morgan fingerprint density at radius 3 is 1.86 bits per heavy atom. The highest BCUT2D eigenvalue weighted by atomic mass is 32.2. The maximum absolute atomic E-state index is 12.0. The van der Waals surface area contributed by atoms with Crippen LogP contribution < -0.4 is 0 Å². The Hall–Kier alpha value is -2.89. The molecule has 0 aliphatic heterocycles. The lowest BCUT2D eigenvalue weighted by molar-refractivity contribution is -0.153. The summed E-state index contributed by atoms with van der Waals surface area (Å²) in [5.41, 5.74) is 2.61. The first kappa shape index (κ1) is 27.7. The first-order valence-corrected chi connectivity index (χ1v) is 13.8. The molecule has 2 aliphatic carbocycles. The van der Waals surface area contributed by atoms with E-state index in [9.17, 15) is 23.1 Å². The summed E-state index contributed by atoms with van der Waals surface area (Å²) in [6, 6.07) is 6.78. The van der Waals surface area contributed by atoms with Crippen LogP contribution in [-0.4, -0.2) is 54.9 Å². The molecule has 196 valence electrons. The fraction of sp³-hybridized carbons (Fsp3) is 0.520. The Balaban J connectivity index is 0.000000205. The van der Waals surface area contributed by atoms with Crippen molar-refractivity contribution in [3.8, 4) is 0 Å². The van der Waals surface area contributed by atoms with E-state index in [1.807, 2.05) is 0 Å². The van der Waals surface area contributed by atoms with Gasteiger partial charge in [0.25, 0.3) is 10.1 Å². The third kappa shape index (κ3) is 7.81. The van der Waals surface area contributed by atoms with Crippen molar-refractivity contribution >= 4 is 22.1 Å². The molecule has 0 aromatic carbocycles. The van der Waals surface area contributed by atoms with Gasteiger partial charge in [0.15, 0.2) is 6.10 Å². The fourth-order valence-electron chi connectivity index (χ4n) is 3.67. The molecule has 2 saturated carbocycles. The molecule has 2 fully saturated rings. The molecule has 1 N–H and O–H groups in total. The van der Waals surface area contributed by atoms with Crippen LogP contribution in [0.3, 0.4) is 0 Å². The smallest absolute Gasteiger partial charge is 0.341 e. The number of rotatable bonds is 10. The van der Waals surface area contributed by atoms with Crippen LogP contribution in [-0.2, 0) is 33.4 Å². The standard InChI is InChI=1S/C13H17NO5S.C12H15NO3/c1-3-18-13(15)12(19-20(2,16)17)10-5-4-8-14-11(10)9-6-7-9;1-2-16-12(15)11(14)9-4-3-7-13-10(9)8-5-6-8/h4-5,8-9,12H,3,6-7H2,1-2H3;3-4,7-8,11,14H,2,5-6H2,1H3. The molecule has 11 heteroatoms. The molecule has 0 radical (unpaired) electrons. The quantitative estimate of drug-likeness (QED) is 0.367. The SMILES string of the molecule is CCOC(=O)C(O)c1cccnc1C1CC1.CCOC(=O)C(OS(C)(=O)=O)c1cccnc1C1CC1. The first-order chi connectivity index (χ1) is 17.2. The van der Waals surface area contributed by atoms with Crippen molar-refractivity contribution in [2.75, 3.05) is 19.5 Å². The van der Waals surface area contributed by atoms with Gasteiger partial charge >= 0.3 is 11.9 Å². The highest BCUT2D eigenvalue weighted by Crippen LogP contribution is 2.43. The van der Waals surface area contributed by atoms with Crippen LogP contribution in [0.15, 0.2) is 36.7 Å². The summed E-state index contributed by atoms with van der Waals surface area (Å²) in [7, 11) is -3.79. The molecular weight excluding hydrogens is 488 g/mol. The van der Waals surface area contributed by atoms with Crippen LogP contribution in [0.5, 0.6) is 0 Å². The number of carbonyl (C=O) groups is 2. The van der Waals surface area contributed by atoms with Crippen molar-refractivity contribution in [2.45, 2.75) is 63.6 Å². The Bertz CT molecular complexity index is 1160. The highest BCUT2D eigenvalue weighted by Gasteiger charge is 2.35. The summed E-state index contributed by atoms with van der Waals surface area (Å²) in [4.78, 5) is 31.9. The number of hydrogen-bond donors (Lipinski definition) is 1. The Morgan fingerprint density at radius 1 is 0.917 bits per heavy atom. The zero-order valence-electron chi connectivity index (χ0n) is 20.6. The normalized spacial score (nSPS) is 16.8. The van der Waals surface area contributed by atoms with Gasteiger partial charge in [-0.15, -0.1) is 0 Å². The maximum atomic E-state index is 12.0. The number of ether oxygens (including phenoxy) is 2. The predicted molar refractivity (Wildman–Crippen MR) is 129 cm³/mol. The van der Waals surface area contributed by atoms with Crippen LogP contribution in [0.4, 0.5) is 0 Å². The lowest BCUT2D eigenvalue weighted by Crippen LogP contribution is -2.23. The van der Waals surface area contributed by atoms with Gasteiger partial charge in [0.1, 0.15) is 0 Å². The molecule has 0 spiro atoms. The summed E-state index contributed by atoms with van der Waals surface area (Å²) in [5, 5.41) is 9.86. The summed E-state index contributed by atoms with van der Waals surface area (Å²) in [6.07, 6.45) is 5.87. The van der Waals surface area contributed by atoms with Crippen molar-refractivity contribution < 1.29 is 36.8 Å². The third-order valence-electron chi connectivity index (χ3n) is 5.53. The second kappa shape index (κ2) is 12.4. The summed E-state index contributed by atoms with van der Waals surface area (Å²) in [5.74, 6) is -0.642. The van der Waals surface area contributed by atoms with Gasteiger partial charge in [0.2, 0.25) is 6.10 Å². The highest BCUT2D eigenvalue weighted by molar-refractivity contribution is 7.86. The van der Waals surface area contributed by atoms with Gasteiger partial charge in [-0.25, -0.2) is 13.8 Å². The largest absolute Gasteiger partial charge is 0.464 e. The van der Waals surface area contributed by atoms with Gasteiger partial charge in [-0.1, -0.05) is 12.1 Å². The van der Waals surface area contributed by atoms with Gasteiger partial charge in [0, 0.05) is 46.7 Å². The maximum Gasteiger partial charge on any atom is 0.341 e. The molecule has 2 aromatic heterocycles. The van der Waals surface area contributed by atoms with Crippen molar-refractivity contribution in [3.05, 3.63) is 59.2 Å². The summed E-state index contributed by atoms with van der Waals surface area (Å²) in [6.45, 7) is 3.80. The molecule has 36 heavy (non-hydrogen) atoms. The van der Waals surface area contributed by atoms with E-state index in [4.69, 9.17) is 13.7 Å². The average Bonchev–Trinajstić information content (AvgIpc) is 3.76. The molecule has 0 amide bonds. The minimum Gasteiger partial charge on any atom is -0.464 e. The number of esters is 2. The predicted octanol–water partition coefficient (Wildman–Crippen LogP) is 3.09. The molecule has 2 atom stereocenters. The van der Waals surface area contributed by atoms with E-state index in [-0.39, 0.29) is 19.1 Å². The molecule has 0 saturated heterocycles. The number of hydrogen-bond acceptors (Lipinski definition) is 10. The molecular formula is C25H32N2O8S. The minimum atomic E-state index is -3.79. The van der Waals surface area contributed by atoms with E-state index < -0.39 is 34.3 Å². The van der Waals surface area contributed by atoms with Crippen molar-refractivity contribution in [3.63, 3.8) is 0 Å². The topological polar surface area (TPSA) is 142 Å². The summed E-state index contributed by atoms with van der Waals surface area (Å²) >= 11 is 0. The molecule has 0 bridgehead atoms. The number of nitrogens with zero attached hydrogens (tertiary/aromatic N) is 2. The summed E-state index contributed by atoms with van der Waals surface area (Å²) < 4.78 is 37.4. The molecule has 4 rings (SSSR count). The van der Waals surface area contributed by atoms with E-state index >= 15 is 0 Å². The van der Waals surface area contributed by atoms with E-state index in [1.54, 1.807) is 50.5 Å². The van der Waals surface area contributed by atoms with E-state index in [0.717, 1.165) is 37.6 Å². The molecule has 2 heterocycles. The van der Waals surface area contributed by atoms with Gasteiger partial charge in [-0.05, 0) is 51.7 Å². The third-order valence-corrected chi connectivity index (χ3v) is 6.07. The monoisotopic (exact) mass is 520 g/mol. The molecule has 2 aliphatic rings. The molecule has 10 nitrogen and oxygen atoms in total. The van der Waals surface area contributed by atoms with Crippen LogP contribution >= 0.6 is 0 Å². The minimum absolute atomic E-state index is 0.154. The van der Waals surface area contributed by atoms with E-state index in [0.29, 0.717) is 22.7 Å². The Labute approximate surface area is 211 Å². The van der Waals surface area contributed by atoms with Gasteiger partial charge < -0.3 is 14.6 Å². The van der Waals surface area contributed by atoms with Crippen LogP contribution in [0.2, 0.25) is 0 Å². The first-order valence-electron chi connectivity index (χ1n) is 11.9. The number of aliphatic hydroxyl groups excluding tert-OH is 1. The molecule has 2 unspecified atom stereocenters. The Kier molecular flexibility index (Phi) is 9.52. The van der Waals surface area contributed by atoms with Gasteiger partial charge in [0.05, 0.1) is 19.5 Å². The van der Waals surface area contributed by atoms with Crippen LogP contribution in [0.25, 0.3) is 0 Å². The zero-order chi connectivity index (χ0) is 26.3. The second-order valence-electron chi connectivity index (χ2n) is 8.59. The van der Waals surface area contributed by atoms with Crippen molar-refractivity contribution in [2.24, 2.45) is 0 Å². The van der Waals surface area contributed by atoms with E-state index in [2.05, 4.69) is 9.97 Å². The van der Waals surface area contributed by atoms with Crippen molar-refractivity contribution in [1.29, 1.82) is 0 Å². The zero-order valence-corrected chi connectivity index (χ0v) is 21.4. The lowest BCUT2D eigenvalue weighted by Gasteiger charge is -2.17. The van der Waals surface area contributed by atoms with Crippen LogP contribution in [0, 0.1) is 0 Å². The van der Waals surface area contributed by atoms with Crippen molar-refractivity contribution in [1.82, 2.24) is 9.97 Å². The fourth-order valence-corrected chi connectivity index (χ4v) is 4.20. The number of aliphatic hydroxyl groups is 1. The molecule has 2 aromatic rings. The number of pyridine rings is 2. The average molecular weight is 521 g/mol. The van der Waals surface area contributed by atoms with Gasteiger partial charge in [-0.2, -0.15) is 8.42 Å². The lowest BCUT2D eigenvalue weighted by atomic mass is 10.0.